The van der Waals surface area contributed by atoms with Crippen LogP contribution in [0.25, 0.3) is 10.8 Å². The summed E-state index contributed by atoms with van der Waals surface area (Å²) in [5.74, 6) is -0.153. The highest BCUT2D eigenvalue weighted by Gasteiger charge is 2.21. The van der Waals surface area contributed by atoms with Gasteiger partial charge in [-0.2, -0.15) is 0 Å². The van der Waals surface area contributed by atoms with Crippen molar-refractivity contribution in [2.24, 2.45) is 0 Å². The topological polar surface area (TPSA) is 75.3 Å². The molecule has 1 amide bonds. The third-order valence-electron chi connectivity index (χ3n) is 3.39. The van der Waals surface area contributed by atoms with Crippen LogP contribution in [0.15, 0.2) is 36.4 Å². The molecule has 0 aromatic heterocycles. The Bertz CT molecular complexity index is 635. The number of nitrogen functional groups attached to an aromatic ring is 1. The highest BCUT2D eigenvalue weighted by atomic mass is 16.3. The number of nitrogens with one attached hydrogen (secondary N) is 1. The van der Waals surface area contributed by atoms with Crippen molar-refractivity contribution in [2.45, 2.75) is 25.8 Å². The third-order valence-corrected chi connectivity index (χ3v) is 3.39. The number of carbonyl (C=O) groups excluding carboxylic acids is 1. The number of anilines is 1. The van der Waals surface area contributed by atoms with E-state index in [1.165, 1.54) is 0 Å². The lowest BCUT2D eigenvalue weighted by Crippen LogP contribution is -2.44. The third kappa shape index (κ3) is 2.91. The summed E-state index contributed by atoms with van der Waals surface area (Å²) in [5.41, 5.74) is 6.74. The number of amides is 1. The molecule has 106 valence electrons. The molecule has 0 aliphatic rings. The quantitative estimate of drug-likeness (QED) is 0.748. The minimum absolute atomic E-state index is 0.0375. The Morgan fingerprint density at radius 3 is 2.50 bits per heavy atom. The first-order valence-electron chi connectivity index (χ1n) is 6.65. The van der Waals surface area contributed by atoms with Crippen LogP contribution in [0.4, 0.5) is 5.69 Å². The molecule has 0 saturated carbocycles. The van der Waals surface area contributed by atoms with Crippen LogP contribution in [0.2, 0.25) is 0 Å². The lowest BCUT2D eigenvalue weighted by Gasteiger charge is -2.25. The van der Waals surface area contributed by atoms with E-state index >= 15 is 0 Å². The van der Waals surface area contributed by atoms with Gasteiger partial charge in [-0.15, -0.1) is 0 Å². The van der Waals surface area contributed by atoms with Gasteiger partial charge in [-0.25, -0.2) is 0 Å². The van der Waals surface area contributed by atoms with Crippen LogP contribution in [0.5, 0.6) is 0 Å². The predicted octanol–water partition coefficient (Wildman–Crippen LogP) is 2.31. The van der Waals surface area contributed by atoms with Crippen LogP contribution in [0.3, 0.4) is 0 Å². The van der Waals surface area contributed by atoms with Crippen LogP contribution in [-0.4, -0.2) is 23.2 Å². The van der Waals surface area contributed by atoms with Gasteiger partial charge in [0.1, 0.15) is 0 Å². The number of fused-ring (bicyclic) bond motifs is 1. The number of aliphatic hydroxyl groups is 1. The van der Waals surface area contributed by atoms with Crippen molar-refractivity contribution >= 4 is 22.4 Å². The molecule has 2 rings (SSSR count). The molecular weight excluding hydrogens is 252 g/mol. The summed E-state index contributed by atoms with van der Waals surface area (Å²) in [4.78, 5) is 12.4. The van der Waals surface area contributed by atoms with Gasteiger partial charge in [0.2, 0.25) is 0 Å². The summed E-state index contributed by atoms with van der Waals surface area (Å²) in [6.07, 6.45) is 0.506. The molecule has 20 heavy (non-hydrogen) atoms. The molecule has 2 aromatic rings. The van der Waals surface area contributed by atoms with Crippen LogP contribution >= 0.6 is 0 Å². The summed E-state index contributed by atoms with van der Waals surface area (Å²) in [6, 6.07) is 11.1. The molecule has 0 saturated heterocycles. The molecule has 4 heteroatoms. The normalized spacial score (nSPS) is 11.6. The number of rotatable bonds is 4. The van der Waals surface area contributed by atoms with Crippen molar-refractivity contribution in [3.05, 3.63) is 42.0 Å². The summed E-state index contributed by atoms with van der Waals surface area (Å²) >= 11 is 0. The molecule has 2 aromatic carbocycles. The summed E-state index contributed by atoms with van der Waals surface area (Å²) < 4.78 is 0. The van der Waals surface area contributed by atoms with Crippen LogP contribution in [-0.2, 0) is 0 Å². The van der Waals surface area contributed by atoms with Gasteiger partial charge >= 0.3 is 0 Å². The Balaban J connectivity index is 2.38. The lowest BCUT2D eigenvalue weighted by molar-refractivity contribution is 0.0901. The van der Waals surface area contributed by atoms with E-state index in [9.17, 15) is 4.79 Å². The maximum absolute atomic E-state index is 12.4. The van der Waals surface area contributed by atoms with Crippen molar-refractivity contribution < 1.29 is 9.90 Å². The van der Waals surface area contributed by atoms with Crippen molar-refractivity contribution in [3.8, 4) is 0 Å². The van der Waals surface area contributed by atoms with Gasteiger partial charge in [0.05, 0.1) is 0 Å². The Labute approximate surface area is 118 Å². The molecule has 0 aliphatic carbocycles. The second kappa shape index (κ2) is 5.51. The van der Waals surface area contributed by atoms with E-state index in [-0.39, 0.29) is 12.5 Å². The van der Waals surface area contributed by atoms with E-state index < -0.39 is 5.54 Å². The molecule has 4 N–H and O–H groups in total. The highest BCUT2D eigenvalue weighted by Crippen LogP contribution is 2.25. The fourth-order valence-electron chi connectivity index (χ4n) is 2.24. The monoisotopic (exact) mass is 272 g/mol. The average molecular weight is 272 g/mol. The number of aliphatic hydroxyl groups excluding tert-OH is 1. The molecule has 0 fully saturated rings. The molecule has 0 aliphatic heterocycles. The van der Waals surface area contributed by atoms with Gasteiger partial charge in [-0.05, 0) is 37.8 Å². The van der Waals surface area contributed by atoms with Crippen LogP contribution in [0.1, 0.15) is 30.6 Å². The minimum atomic E-state index is -0.450. The number of carbonyl (C=O) groups is 1. The zero-order valence-electron chi connectivity index (χ0n) is 11.8. The van der Waals surface area contributed by atoms with E-state index in [0.717, 1.165) is 10.8 Å². The highest BCUT2D eigenvalue weighted by molar-refractivity contribution is 6.10. The second-order valence-corrected chi connectivity index (χ2v) is 5.56. The fraction of sp³-hybridized carbons (Fsp3) is 0.312. The van der Waals surface area contributed by atoms with E-state index in [2.05, 4.69) is 5.32 Å². The summed E-state index contributed by atoms with van der Waals surface area (Å²) in [7, 11) is 0. The van der Waals surface area contributed by atoms with Gasteiger partial charge in [-0.3, -0.25) is 4.79 Å². The lowest BCUT2D eigenvalue weighted by atomic mass is 9.98. The molecule has 0 bridgehead atoms. The zero-order valence-corrected chi connectivity index (χ0v) is 11.8. The van der Waals surface area contributed by atoms with E-state index in [4.69, 9.17) is 10.8 Å². The maximum atomic E-state index is 12.4. The van der Waals surface area contributed by atoms with Gasteiger partial charge in [0.25, 0.3) is 5.91 Å². The largest absolute Gasteiger partial charge is 0.398 e. The Hall–Kier alpha value is -2.07. The maximum Gasteiger partial charge on any atom is 0.252 e. The Kier molecular flexibility index (Phi) is 3.95. The SMILES string of the molecule is CC(C)(CCO)NC(=O)c1ccc(N)c2ccccc12. The second-order valence-electron chi connectivity index (χ2n) is 5.56. The zero-order chi connectivity index (χ0) is 14.8. The molecule has 0 heterocycles. The standard InChI is InChI=1S/C16H20N2O2/c1-16(2,9-10-19)18-15(20)13-7-8-14(17)12-6-4-3-5-11(12)13/h3-8,19H,9-10,17H2,1-2H3,(H,18,20). The first kappa shape index (κ1) is 14.3. The molecular formula is C16H20N2O2. The average Bonchev–Trinajstić information content (AvgIpc) is 2.38. The minimum Gasteiger partial charge on any atom is -0.398 e. The van der Waals surface area contributed by atoms with Gasteiger partial charge in [0.15, 0.2) is 0 Å². The van der Waals surface area contributed by atoms with Crippen LogP contribution in [0, 0.1) is 0 Å². The number of hydrogen-bond donors (Lipinski definition) is 3. The van der Waals surface area contributed by atoms with Crippen molar-refractivity contribution in [1.29, 1.82) is 0 Å². The first-order chi connectivity index (χ1) is 9.44. The first-order valence-corrected chi connectivity index (χ1v) is 6.65. The van der Waals surface area contributed by atoms with Gasteiger partial charge < -0.3 is 16.2 Å². The molecule has 0 unspecified atom stereocenters. The molecule has 4 nitrogen and oxygen atoms in total. The number of benzene rings is 2. The van der Waals surface area contributed by atoms with Gasteiger partial charge in [0, 0.05) is 28.8 Å². The summed E-state index contributed by atoms with van der Waals surface area (Å²) in [6.45, 7) is 3.82. The van der Waals surface area contributed by atoms with E-state index in [1.54, 1.807) is 12.1 Å². The Morgan fingerprint density at radius 1 is 1.20 bits per heavy atom. The van der Waals surface area contributed by atoms with Crippen molar-refractivity contribution in [1.82, 2.24) is 5.32 Å². The number of hydrogen-bond acceptors (Lipinski definition) is 3. The van der Waals surface area contributed by atoms with Crippen LogP contribution < -0.4 is 11.1 Å². The molecule has 0 atom stereocenters. The molecule has 0 radical (unpaired) electrons. The van der Waals surface area contributed by atoms with Crippen molar-refractivity contribution in [2.75, 3.05) is 12.3 Å². The molecule has 0 spiro atoms. The predicted molar refractivity (Wildman–Crippen MR) is 81.6 cm³/mol. The Morgan fingerprint density at radius 2 is 1.85 bits per heavy atom. The van der Waals surface area contributed by atoms with E-state index in [1.807, 2.05) is 38.1 Å². The number of nitrogens with two attached hydrogens (primary N) is 1. The van der Waals surface area contributed by atoms with Gasteiger partial charge in [-0.1, -0.05) is 24.3 Å². The van der Waals surface area contributed by atoms with Crippen molar-refractivity contribution in [3.63, 3.8) is 0 Å². The summed E-state index contributed by atoms with van der Waals surface area (Å²) in [5, 5.41) is 13.7. The fourth-order valence-corrected chi connectivity index (χ4v) is 2.24. The smallest absolute Gasteiger partial charge is 0.252 e. The van der Waals surface area contributed by atoms with E-state index in [0.29, 0.717) is 17.7 Å².